The van der Waals surface area contributed by atoms with E-state index in [9.17, 15) is 19.5 Å². The molecule has 2 aromatic carbocycles. The van der Waals surface area contributed by atoms with Crippen molar-refractivity contribution in [3.63, 3.8) is 0 Å². The number of rotatable bonds is 2. The van der Waals surface area contributed by atoms with Crippen LogP contribution in [0.25, 0.3) is 0 Å². The monoisotopic (exact) mass is 786 g/mol. The fraction of sp³-hybridized carbons (Fsp3) is 0.548. The maximum atomic E-state index is 12.3. The van der Waals surface area contributed by atoms with Crippen LogP contribution < -0.4 is 18.9 Å². The van der Waals surface area contributed by atoms with Crippen molar-refractivity contribution in [2.75, 3.05) is 39.3 Å². The number of carbonyl (C=O) groups excluding carboxylic acids is 3. The number of hydrogen-bond donors (Lipinski definition) is 1. The first-order valence-electron chi connectivity index (χ1n) is 18.5. The molecule has 4 aliphatic heterocycles. The molecule has 4 fully saturated rings. The minimum absolute atomic E-state index is 0. The quantitative estimate of drug-likeness (QED) is 0.213. The van der Waals surface area contributed by atoms with Gasteiger partial charge in [-0.15, -0.1) is 17.7 Å². The zero-order valence-corrected chi connectivity index (χ0v) is 34.7. The summed E-state index contributed by atoms with van der Waals surface area (Å²) in [6.07, 6.45) is 10.3. The van der Waals surface area contributed by atoms with Crippen LogP contribution in [-0.4, -0.2) is 124 Å². The molecule has 2 aromatic rings. The molecule has 0 radical (unpaired) electrons. The number of carbonyl (C=O) groups is 3. The maximum absolute atomic E-state index is 12.3. The summed E-state index contributed by atoms with van der Waals surface area (Å²) in [6, 6.07) is 15.0. The van der Waals surface area contributed by atoms with Crippen LogP contribution >= 0.6 is 23.2 Å². The molecule has 4 saturated heterocycles. The second-order valence-corrected chi connectivity index (χ2v) is 16.8. The van der Waals surface area contributed by atoms with Gasteiger partial charge in [0, 0.05) is 73.0 Å². The van der Waals surface area contributed by atoms with E-state index in [1.165, 1.54) is 0 Å². The van der Waals surface area contributed by atoms with Crippen molar-refractivity contribution in [1.82, 2.24) is 19.6 Å². The third kappa shape index (κ3) is 14.4. The van der Waals surface area contributed by atoms with Gasteiger partial charge in [-0.3, -0.25) is 15.7 Å². The minimum atomic E-state index is -0.720. The Bertz CT molecular complexity index is 1710. The molecule has 2 amide bonds. The molecule has 55 heavy (non-hydrogen) atoms. The predicted molar refractivity (Wildman–Crippen MR) is 211 cm³/mol. The average molecular weight is 788 g/mol. The number of fused-ring (bicyclic) bond motifs is 2. The van der Waals surface area contributed by atoms with Gasteiger partial charge in [0.25, 0.3) is 0 Å². The maximum Gasteiger partial charge on any atom is 1.00 e. The first-order chi connectivity index (χ1) is 25.5. The van der Waals surface area contributed by atoms with E-state index < -0.39 is 17.3 Å². The fourth-order valence-corrected chi connectivity index (χ4v) is 7.42. The van der Waals surface area contributed by atoms with E-state index in [1.807, 2.05) is 53.7 Å². The molecule has 292 valence electrons. The van der Waals surface area contributed by atoms with E-state index in [0.29, 0.717) is 47.8 Å². The van der Waals surface area contributed by atoms with Crippen molar-refractivity contribution in [2.45, 2.75) is 109 Å². The van der Waals surface area contributed by atoms with Crippen molar-refractivity contribution in [3.8, 4) is 17.8 Å². The first-order valence-corrected chi connectivity index (χ1v) is 19.3. The van der Waals surface area contributed by atoms with Crippen LogP contribution in [0.3, 0.4) is 0 Å². The molecule has 1 N–H and O–H groups in total. The molecule has 5 atom stereocenters. The molecule has 0 aliphatic carbocycles. The average Bonchev–Trinajstić information content (AvgIpc) is 3.73. The Morgan fingerprint density at radius 2 is 1.29 bits per heavy atom. The molecule has 0 aromatic heterocycles. The number of aldehydes is 1. The number of benzene rings is 2. The summed E-state index contributed by atoms with van der Waals surface area (Å²) in [7, 11) is 0. The number of hydrogen-bond acceptors (Lipinski definition) is 8. The number of nitrogens with zero attached hydrogens (tertiary/aromatic N) is 4. The first kappa shape index (κ1) is 46.2. The number of amides is 2. The molecule has 10 nitrogen and oxygen atoms in total. The topological polar surface area (TPSA) is 103 Å². The summed E-state index contributed by atoms with van der Waals surface area (Å²) in [5, 5.41) is 11.9. The normalized spacial score (nSPS) is 22.6. The van der Waals surface area contributed by atoms with Gasteiger partial charge in [0.05, 0.1) is 6.04 Å². The molecule has 6 rings (SSSR count). The van der Waals surface area contributed by atoms with Crippen LogP contribution in [0.5, 0.6) is 0 Å². The standard InChI is InChI=1S/C21H27ClN2O3.C13H22N2O3.C8H4Cl.Li/c1-21(2,3)27-20(26)23-11-12-24-17(14-23)8-9-18(24)19(25)10-7-15-5-4-6-16(22)13-15;1-13(2,3)18-12(17)14-6-7-15-10(8-14)4-5-11(15)9-16;1-2-7-4-3-5-8(9)6-7;/h4-6,13,17-19,25H,8-9,11-12,14H2,1-3H3;9-11H,4-8H2,1-3H3;3-6H;/q;;-1;+1/t17-,18+,19?;10-,11+;;/m00../s1. The second kappa shape index (κ2) is 20.8. The summed E-state index contributed by atoms with van der Waals surface area (Å²) < 4.78 is 10.9. The van der Waals surface area contributed by atoms with Gasteiger partial charge in [-0.1, -0.05) is 47.2 Å². The van der Waals surface area contributed by atoms with Crippen LogP contribution in [0, 0.1) is 24.2 Å². The Morgan fingerprint density at radius 1 is 0.800 bits per heavy atom. The van der Waals surface area contributed by atoms with Gasteiger partial charge in [-0.05, 0) is 91.5 Å². The van der Waals surface area contributed by atoms with Crippen molar-refractivity contribution < 1.29 is 47.8 Å². The molecule has 0 saturated carbocycles. The second-order valence-electron chi connectivity index (χ2n) is 15.9. The summed E-state index contributed by atoms with van der Waals surface area (Å²) >= 11 is 11.6. The van der Waals surface area contributed by atoms with Crippen LogP contribution in [-0.2, 0) is 14.3 Å². The minimum Gasteiger partial charge on any atom is -0.444 e. The van der Waals surface area contributed by atoms with E-state index in [1.54, 1.807) is 46.2 Å². The van der Waals surface area contributed by atoms with Gasteiger partial charge in [-0.2, -0.15) is 0 Å². The Labute approximate surface area is 349 Å². The number of aliphatic hydroxyl groups excluding tert-OH is 1. The van der Waals surface area contributed by atoms with Crippen LogP contribution in [0.15, 0.2) is 48.5 Å². The molecule has 0 spiro atoms. The molecule has 1 unspecified atom stereocenters. The summed E-state index contributed by atoms with van der Waals surface area (Å²) in [6.45, 7) is 15.3. The van der Waals surface area contributed by atoms with Crippen LogP contribution in [0.1, 0.15) is 78.4 Å². The number of piperazine rings is 2. The van der Waals surface area contributed by atoms with Gasteiger partial charge in [0.2, 0.25) is 0 Å². The Hall–Kier alpha value is -3.17. The van der Waals surface area contributed by atoms with Crippen molar-refractivity contribution in [3.05, 3.63) is 76.1 Å². The smallest absolute Gasteiger partial charge is 0.444 e. The van der Waals surface area contributed by atoms with E-state index in [4.69, 9.17) is 39.1 Å². The molecule has 0 bridgehead atoms. The van der Waals surface area contributed by atoms with Gasteiger partial charge in [0.1, 0.15) is 23.6 Å². The third-order valence-corrected chi connectivity index (χ3v) is 9.95. The summed E-state index contributed by atoms with van der Waals surface area (Å²) in [5.74, 6) is 8.21. The zero-order valence-electron chi connectivity index (χ0n) is 33.2. The van der Waals surface area contributed by atoms with E-state index >= 15 is 0 Å². The summed E-state index contributed by atoms with van der Waals surface area (Å²) in [4.78, 5) is 43.2. The van der Waals surface area contributed by atoms with Gasteiger partial charge < -0.3 is 35.6 Å². The van der Waals surface area contributed by atoms with E-state index in [-0.39, 0.29) is 49.2 Å². The number of halogens is 2. The fourth-order valence-electron chi connectivity index (χ4n) is 7.04. The van der Waals surface area contributed by atoms with Crippen LogP contribution in [0.2, 0.25) is 10.0 Å². The van der Waals surface area contributed by atoms with Gasteiger partial charge >= 0.3 is 31.0 Å². The van der Waals surface area contributed by atoms with E-state index in [2.05, 4.69) is 27.6 Å². The van der Waals surface area contributed by atoms with Crippen molar-refractivity contribution >= 4 is 41.7 Å². The molecule has 4 heterocycles. The Morgan fingerprint density at radius 3 is 1.78 bits per heavy atom. The summed E-state index contributed by atoms with van der Waals surface area (Å²) in [5.41, 5.74) is 0.571. The number of aliphatic hydroxyl groups is 1. The third-order valence-electron chi connectivity index (χ3n) is 9.48. The SMILES string of the molecule is CC(C)(C)OC(=O)N1CCN2[C@@H](CC[C@@H]2C(O)C#Cc2cccc(Cl)c2)C1.CC(C)(C)OC(=O)N1CCN2[C@@H](CC[C@@H]2C=O)C1.[C-]#Cc1cccc(Cl)c1.[Li+]. The Kier molecular flexibility index (Phi) is 17.5. The largest absolute Gasteiger partial charge is 1.00 e. The molecular formula is C42H53Cl2LiN4O6. The molecular weight excluding hydrogens is 734 g/mol. The van der Waals surface area contributed by atoms with Crippen molar-refractivity contribution in [2.24, 2.45) is 0 Å². The molecule has 13 heteroatoms. The Balaban J connectivity index is 0.000000249. The van der Waals surface area contributed by atoms with Gasteiger partial charge in [-0.25, -0.2) is 9.59 Å². The van der Waals surface area contributed by atoms with Crippen molar-refractivity contribution in [1.29, 1.82) is 0 Å². The molecule has 4 aliphatic rings. The number of ether oxygens (including phenoxy) is 2. The zero-order chi connectivity index (χ0) is 39.6. The van der Waals surface area contributed by atoms with Crippen LogP contribution in [0.4, 0.5) is 9.59 Å². The van der Waals surface area contributed by atoms with E-state index in [0.717, 1.165) is 50.6 Å². The van der Waals surface area contributed by atoms with Gasteiger partial charge in [0.15, 0.2) is 0 Å². The predicted octanol–water partition coefficient (Wildman–Crippen LogP) is 3.69.